The third-order valence-electron chi connectivity index (χ3n) is 2.04. The first-order valence-corrected chi connectivity index (χ1v) is 4.88. The van der Waals surface area contributed by atoms with E-state index in [1.165, 1.54) is 0 Å². The Balaban J connectivity index is 2.62. The molecule has 0 aliphatic rings. The van der Waals surface area contributed by atoms with Gasteiger partial charge in [0, 0.05) is 5.69 Å². The van der Waals surface area contributed by atoms with Gasteiger partial charge in [-0.15, -0.1) is 0 Å². The van der Waals surface area contributed by atoms with Crippen molar-refractivity contribution < 1.29 is 4.79 Å². The Bertz CT molecular complexity index is 334. The molecule has 1 rings (SSSR count). The Labute approximate surface area is 89.3 Å². The van der Waals surface area contributed by atoms with Gasteiger partial charge in [-0.3, -0.25) is 4.79 Å². The molecule has 14 heavy (non-hydrogen) atoms. The highest BCUT2D eigenvalue weighted by molar-refractivity contribution is 7.80. The standard InChI is InChI=1S/C11H13NOS/c1-8(9(2)13)11(14)12-10-6-4-3-5-7-10/h3-8H,1-2H3,(H,12,14). The third kappa shape index (κ3) is 2.92. The number of Topliss-reactive ketones (excluding diaryl/α,β-unsaturated/α-hetero) is 1. The highest BCUT2D eigenvalue weighted by atomic mass is 32.1. The molecule has 0 saturated carbocycles. The number of thiocarbonyl (C=S) groups is 1. The lowest BCUT2D eigenvalue weighted by atomic mass is 10.1. The van der Waals surface area contributed by atoms with Gasteiger partial charge in [0.2, 0.25) is 0 Å². The maximum absolute atomic E-state index is 11.0. The van der Waals surface area contributed by atoms with Crippen LogP contribution in [0.5, 0.6) is 0 Å². The van der Waals surface area contributed by atoms with Gasteiger partial charge >= 0.3 is 0 Å². The van der Waals surface area contributed by atoms with Crippen molar-refractivity contribution in [2.45, 2.75) is 13.8 Å². The number of benzene rings is 1. The predicted octanol–water partition coefficient (Wildman–Crippen LogP) is 2.65. The summed E-state index contributed by atoms with van der Waals surface area (Å²) in [5.74, 6) is -0.136. The Kier molecular flexibility index (Phi) is 3.77. The van der Waals surface area contributed by atoms with E-state index in [1.54, 1.807) is 13.8 Å². The van der Waals surface area contributed by atoms with Crippen LogP contribution in [0.3, 0.4) is 0 Å². The first kappa shape index (κ1) is 10.9. The zero-order chi connectivity index (χ0) is 10.6. The first-order valence-electron chi connectivity index (χ1n) is 4.47. The van der Waals surface area contributed by atoms with E-state index in [2.05, 4.69) is 5.32 Å². The number of para-hydroxylation sites is 1. The number of carbonyl (C=O) groups excluding carboxylic acids is 1. The third-order valence-corrected chi connectivity index (χ3v) is 2.50. The van der Waals surface area contributed by atoms with Crippen LogP contribution in [0.15, 0.2) is 30.3 Å². The summed E-state index contributed by atoms with van der Waals surface area (Å²) in [6.45, 7) is 3.35. The van der Waals surface area contributed by atoms with Gasteiger partial charge in [0.1, 0.15) is 5.78 Å². The Morgan fingerprint density at radius 2 is 1.93 bits per heavy atom. The lowest BCUT2D eigenvalue weighted by molar-refractivity contribution is -0.118. The number of carbonyl (C=O) groups is 1. The lowest BCUT2D eigenvalue weighted by Gasteiger charge is -2.11. The van der Waals surface area contributed by atoms with Gasteiger partial charge in [-0.2, -0.15) is 0 Å². The molecular weight excluding hydrogens is 194 g/mol. The fourth-order valence-corrected chi connectivity index (χ4v) is 1.24. The van der Waals surface area contributed by atoms with Crippen LogP contribution in [0.25, 0.3) is 0 Å². The molecule has 0 radical (unpaired) electrons. The van der Waals surface area contributed by atoms with Crippen molar-refractivity contribution in [3.63, 3.8) is 0 Å². The maximum atomic E-state index is 11.0. The van der Waals surface area contributed by atoms with Gasteiger partial charge in [0.05, 0.1) is 10.9 Å². The number of hydrogen-bond acceptors (Lipinski definition) is 2. The number of ketones is 1. The van der Waals surface area contributed by atoms with E-state index >= 15 is 0 Å². The van der Waals surface area contributed by atoms with Gasteiger partial charge < -0.3 is 5.32 Å². The van der Waals surface area contributed by atoms with Crippen LogP contribution >= 0.6 is 12.2 Å². The van der Waals surface area contributed by atoms with E-state index < -0.39 is 0 Å². The highest BCUT2D eigenvalue weighted by Gasteiger charge is 2.12. The number of rotatable bonds is 3. The van der Waals surface area contributed by atoms with Crippen LogP contribution < -0.4 is 5.32 Å². The van der Waals surface area contributed by atoms with Gasteiger partial charge in [-0.1, -0.05) is 30.4 Å². The van der Waals surface area contributed by atoms with Crippen molar-refractivity contribution in [2.24, 2.45) is 5.92 Å². The van der Waals surface area contributed by atoms with Crippen molar-refractivity contribution in [1.82, 2.24) is 0 Å². The number of nitrogens with one attached hydrogen (secondary N) is 1. The molecule has 74 valence electrons. The fraction of sp³-hybridized carbons (Fsp3) is 0.273. The monoisotopic (exact) mass is 207 g/mol. The molecule has 0 saturated heterocycles. The largest absolute Gasteiger partial charge is 0.349 e. The molecule has 0 heterocycles. The summed E-state index contributed by atoms with van der Waals surface area (Å²) in [5, 5.41) is 3.03. The van der Waals surface area contributed by atoms with E-state index in [-0.39, 0.29) is 11.7 Å². The topological polar surface area (TPSA) is 29.1 Å². The van der Waals surface area contributed by atoms with Crippen molar-refractivity contribution in [1.29, 1.82) is 0 Å². The van der Waals surface area contributed by atoms with E-state index in [0.29, 0.717) is 4.99 Å². The molecule has 0 aliphatic carbocycles. The van der Waals surface area contributed by atoms with E-state index in [0.717, 1.165) is 5.69 Å². The van der Waals surface area contributed by atoms with Crippen LogP contribution in [-0.4, -0.2) is 10.8 Å². The molecule has 1 N–H and O–H groups in total. The van der Waals surface area contributed by atoms with E-state index in [1.807, 2.05) is 30.3 Å². The van der Waals surface area contributed by atoms with Crippen molar-refractivity contribution >= 4 is 28.7 Å². The molecule has 0 fully saturated rings. The van der Waals surface area contributed by atoms with Crippen molar-refractivity contribution in [3.05, 3.63) is 30.3 Å². The summed E-state index contributed by atoms with van der Waals surface area (Å²) >= 11 is 5.10. The molecule has 1 aromatic rings. The summed E-state index contributed by atoms with van der Waals surface area (Å²) in [6.07, 6.45) is 0. The first-order chi connectivity index (χ1) is 6.61. The maximum Gasteiger partial charge on any atom is 0.139 e. The van der Waals surface area contributed by atoms with Crippen LogP contribution in [0.2, 0.25) is 0 Å². The predicted molar refractivity (Wildman–Crippen MR) is 62.5 cm³/mol. The van der Waals surface area contributed by atoms with E-state index in [9.17, 15) is 4.79 Å². The minimum Gasteiger partial charge on any atom is -0.349 e. The van der Waals surface area contributed by atoms with Crippen LogP contribution in [0.1, 0.15) is 13.8 Å². The van der Waals surface area contributed by atoms with E-state index in [4.69, 9.17) is 12.2 Å². The van der Waals surface area contributed by atoms with Gasteiger partial charge in [0.15, 0.2) is 0 Å². The average molecular weight is 207 g/mol. The molecule has 0 bridgehead atoms. The number of anilines is 1. The summed E-state index contributed by atoms with van der Waals surface area (Å²) in [5.41, 5.74) is 0.922. The Hall–Kier alpha value is -1.22. The smallest absolute Gasteiger partial charge is 0.139 e. The molecule has 2 nitrogen and oxygen atoms in total. The van der Waals surface area contributed by atoms with Crippen LogP contribution in [-0.2, 0) is 4.79 Å². The van der Waals surface area contributed by atoms with Gasteiger partial charge in [-0.05, 0) is 26.0 Å². The van der Waals surface area contributed by atoms with Crippen LogP contribution in [0, 0.1) is 5.92 Å². The molecule has 0 aromatic heterocycles. The molecular formula is C11H13NOS. The summed E-state index contributed by atoms with van der Waals surface area (Å²) in [4.78, 5) is 11.6. The van der Waals surface area contributed by atoms with Gasteiger partial charge in [0.25, 0.3) is 0 Å². The zero-order valence-electron chi connectivity index (χ0n) is 8.28. The molecule has 1 aromatic carbocycles. The second-order valence-corrected chi connectivity index (χ2v) is 3.63. The molecule has 0 spiro atoms. The minimum atomic E-state index is -0.217. The molecule has 0 amide bonds. The normalized spacial score (nSPS) is 11.9. The molecule has 0 aliphatic heterocycles. The molecule has 1 atom stereocenters. The second kappa shape index (κ2) is 4.86. The second-order valence-electron chi connectivity index (χ2n) is 3.19. The average Bonchev–Trinajstić information content (AvgIpc) is 2.18. The SMILES string of the molecule is CC(=O)C(C)C(=S)Nc1ccccc1. The summed E-state index contributed by atoms with van der Waals surface area (Å²) in [6, 6.07) is 9.60. The Morgan fingerprint density at radius 1 is 1.36 bits per heavy atom. The minimum absolute atomic E-state index is 0.0819. The lowest BCUT2D eigenvalue weighted by Crippen LogP contribution is -2.23. The van der Waals surface area contributed by atoms with Crippen molar-refractivity contribution in [3.8, 4) is 0 Å². The van der Waals surface area contributed by atoms with Gasteiger partial charge in [-0.25, -0.2) is 0 Å². The van der Waals surface area contributed by atoms with Crippen LogP contribution in [0.4, 0.5) is 5.69 Å². The molecule has 3 heteroatoms. The highest BCUT2D eigenvalue weighted by Crippen LogP contribution is 2.09. The fourth-order valence-electron chi connectivity index (χ4n) is 0.957. The number of hydrogen-bond donors (Lipinski definition) is 1. The summed E-state index contributed by atoms with van der Waals surface area (Å²) < 4.78 is 0. The zero-order valence-corrected chi connectivity index (χ0v) is 9.10. The van der Waals surface area contributed by atoms with Crippen molar-refractivity contribution in [2.75, 3.05) is 5.32 Å². The quantitative estimate of drug-likeness (QED) is 0.773. The molecule has 1 unspecified atom stereocenters. The summed E-state index contributed by atoms with van der Waals surface area (Å²) in [7, 11) is 0. The Morgan fingerprint density at radius 3 is 2.43 bits per heavy atom.